The lowest BCUT2D eigenvalue weighted by atomic mass is 10.0. The molecule has 258 valence electrons. The second-order valence-electron chi connectivity index (χ2n) is 13.2. The Morgan fingerprint density at radius 3 is 1.89 bits per heavy atom. The summed E-state index contributed by atoms with van der Waals surface area (Å²) in [6, 6.07) is 58.2. The van der Waals surface area contributed by atoms with Gasteiger partial charge in [-0.1, -0.05) is 133 Å². The van der Waals surface area contributed by atoms with E-state index in [9.17, 15) is 0 Å². The molecule has 55 heavy (non-hydrogen) atoms. The number of rotatable bonds is 6. The number of thiazole rings is 2. The van der Waals surface area contributed by atoms with Crippen molar-refractivity contribution in [2.24, 2.45) is 0 Å². The van der Waals surface area contributed by atoms with Crippen molar-refractivity contribution in [3.8, 4) is 61.0 Å². The minimum absolute atomic E-state index is 0.582. The van der Waals surface area contributed by atoms with Crippen LogP contribution in [0.1, 0.15) is 0 Å². The summed E-state index contributed by atoms with van der Waals surface area (Å²) < 4.78 is 11.5. The summed E-state index contributed by atoms with van der Waals surface area (Å²) in [4.78, 5) is 20.2. The first kappa shape index (κ1) is 31.6. The largest absolute Gasteiger partial charge is 0.455 e. The minimum Gasteiger partial charge on any atom is -0.455 e. The van der Waals surface area contributed by atoms with Crippen LogP contribution in [0.3, 0.4) is 0 Å². The molecule has 0 fully saturated rings. The fourth-order valence-electron chi connectivity index (χ4n) is 7.30. The van der Waals surface area contributed by atoms with Gasteiger partial charge >= 0.3 is 0 Å². The molecule has 0 atom stereocenters. The molecule has 4 heterocycles. The van der Waals surface area contributed by atoms with E-state index in [1.165, 1.54) is 9.40 Å². The highest BCUT2D eigenvalue weighted by Crippen LogP contribution is 2.42. The van der Waals surface area contributed by atoms with E-state index in [1.54, 1.807) is 22.7 Å². The molecule has 7 aromatic carbocycles. The molecule has 0 saturated heterocycles. The van der Waals surface area contributed by atoms with Crippen LogP contribution in [0.25, 0.3) is 103 Å². The lowest BCUT2D eigenvalue weighted by Crippen LogP contribution is -2.31. The maximum atomic E-state index is 6.81. The monoisotopic (exact) mass is 742 g/mol. The molecule has 0 radical (unpaired) electrons. The van der Waals surface area contributed by atoms with E-state index >= 15 is 0 Å². The normalized spacial score (nSPS) is 11.6. The molecule has 0 bridgehead atoms. The third-order valence-electron chi connectivity index (χ3n) is 9.88. The predicted molar refractivity (Wildman–Crippen MR) is 224 cm³/mol. The van der Waals surface area contributed by atoms with Crippen LogP contribution in [0.2, 0.25) is 0 Å². The summed E-state index contributed by atoms with van der Waals surface area (Å²) in [6.07, 6.45) is 0. The van der Waals surface area contributed by atoms with Crippen molar-refractivity contribution < 1.29 is 8.98 Å². The van der Waals surface area contributed by atoms with E-state index in [0.29, 0.717) is 17.5 Å². The van der Waals surface area contributed by atoms with Crippen LogP contribution < -0.4 is 4.57 Å². The summed E-state index contributed by atoms with van der Waals surface area (Å²) in [6.45, 7) is 0. The third-order valence-corrected chi connectivity index (χ3v) is 12.1. The Hall–Kier alpha value is -6.87. The van der Waals surface area contributed by atoms with Crippen molar-refractivity contribution in [3.05, 3.63) is 170 Å². The standard InChI is InChI=1S/C47H28N5OS2/c1-3-13-29(14-4-1)43-49-44(30-25-27-31(28-26-30)46-48-36-20-7-9-23-39(36)54-46)51-45(50-43)34-18-12-22-38-41(34)33-17-11-19-35(42(33)53-38)47-52(32-15-5-2-6-16-32)37-21-8-10-24-40(37)55-47/h1-28H/q+1. The van der Waals surface area contributed by atoms with E-state index < -0.39 is 0 Å². The highest BCUT2D eigenvalue weighted by Gasteiger charge is 2.28. The highest BCUT2D eigenvalue weighted by atomic mass is 32.1. The molecule has 11 rings (SSSR count). The van der Waals surface area contributed by atoms with Gasteiger partial charge in [0.1, 0.15) is 26.4 Å². The zero-order valence-corrected chi connectivity index (χ0v) is 30.8. The quantitative estimate of drug-likeness (QED) is 0.159. The van der Waals surface area contributed by atoms with Crippen molar-refractivity contribution in [3.63, 3.8) is 0 Å². The van der Waals surface area contributed by atoms with Gasteiger partial charge in [0, 0.05) is 51.2 Å². The number of hydrogen-bond donors (Lipinski definition) is 0. The first-order chi connectivity index (χ1) is 27.2. The van der Waals surface area contributed by atoms with Crippen molar-refractivity contribution in [1.29, 1.82) is 0 Å². The molecule has 0 aliphatic rings. The number of hydrogen-bond acceptors (Lipinski definition) is 7. The third kappa shape index (κ3) is 5.42. The van der Waals surface area contributed by atoms with Crippen molar-refractivity contribution in [1.82, 2.24) is 19.9 Å². The van der Waals surface area contributed by atoms with E-state index in [1.807, 2.05) is 54.6 Å². The molecular weight excluding hydrogens is 715 g/mol. The van der Waals surface area contributed by atoms with Gasteiger partial charge in [-0.3, -0.25) is 0 Å². The van der Waals surface area contributed by atoms with Crippen molar-refractivity contribution >= 4 is 65.0 Å². The van der Waals surface area contributed by atoms with Crippen LogP contribution in [-0.4, -0.2) is 19.9 Å². The number of benzene rings is 7. The van der Waals surface area contributed by atoms with Gasteiger partial charge < -0.3 is 4.42 Å². The average molecular weight is 743 g/mol. The first-order valence-corrected chi connectivity index (χ1v) is 19.6. The molecule has 0 N–H and O–H groups in total. The lowest BCUT2D eigenvalue weighted by Gasteiger charge is -2.09. The molecule has 4 aromatic heterocycles. The van der Waals surface area contributed by atoms with E-state index in [0.717, 1.165) is 76.5 Å². The van der Waals surface area contributed by atoms with Crippen molar-refractivity contribution in [2.45, 2.75) is 0 Å². The summed E-state index contributed by atoms with van der Waals surface area (Å²) >= 11 is 3.46. The number of fused-ring (bicyclic) bond motifs is 5. The van der Waals surface area contributed by atoms with Gasteiger partial charge in [-0.05, 0) is 30.3 Å². The van der Waals surface area contributed by atoms with Crippen LogP contribution in [0, 0.1) is 0 Å². The molecule has 0 aliphatic heterocycles. The van der Waals surface area contributed by atoms with Crippen LogP contribution >= 0.6 is 22.7 Å². The average Bonchev–Trinajstić information content (AvgIpc) is 3.98. The molecule has 8 heteroatoms. The van der Waals surface area contributed by atoms with Crippen LogP contribution in [0.15, 0.2) is 174 Å². The number of para-hydroxylation sites is 4. The molecule has 0 amide bonds. The van der Waals surface area contributed by atoms with Crippen LogP contribution in [-0.2, 0) is 0 Å². The van der Waals surface area contributed by atoms with Gasteiger partial charge in [0.05, 0.1) is 10.2 Å². The predicted octanol–water partition coefficient (Wildman–Crippen LogP) is 12.2. The smallest absolute Gasteiger partial charge is 0.279 e. The van der Waals surface area contributed by atoms with Gasteiger partial charge in [0.25, 0.3) is 5.01 Å². The molecular formula is C47H28N5OS2+. The number of furan rings is 1. The summed E-state index contributed by atoms with van der Waals surface area (Å²) in [5.74, 6) is 1.79. The zero-order valence-electron chi connectivity index (χ0n) is 29.1. The zero-order chi connectivity index (χ0) is 36.3. The Labute approximate surface area is 323 Å². The molecule has 0 saturated carbocycles. The molecule has 6 nitrogen and oxygen atoms in total. The summed E-state index contributed by atoms with van der Waals surface area (Å²) in [5, 5.41) is 4.05. The minimum atomic E-state index is 0.582. The van der Waals surface area contributed by atoms with E-state index in [4.69, 9.17) is 24.4 Å². The number of aromatic nitrogens is 5. The second kappa shape index (κ2) is 12.9. The lowest BCUT2D eigenvalue weighted by molar-refractivity contribution is -0.550. The van der Waals surface area contributed by atoms with Gasteiger partial charge in [-0.15, -0.1) is 15.9 Å². The Balaban J connectivity index is 1.08. The van der Waals surface area contributed by atoms with Gasteiger partial charge in [0.2, 0.25) is 11.2 Å². The highest BCUT2D eigenvalue weighted by molar-refractivity contribution is 7.21. The second-order valence-corrected chi connectivity index (χ2v) is 15.3. The Morgan fingerprint density at radius 2 is 1.09 bits per heavy atom. The summed E-state index contributed by atoms with van der Waals surface area (Å²) in [7, 11) is 0. The fourth-order valence-corrected chi connectivity index (χ4v) is 9.45. The fraction of sp³-hybridized carbons (Fsp3) is 0. The summed E-state index contributed by atoms with van der Waals surface area (Å²) in [5.41, 5.74) is 9.64. The van der Waals surface area contributed by atoms with Crippen molar-refractivity contribution in [2.75, 3.05) is 0 Å². The van der Waals surface area contributed by atoms with Crippen LogP contribution in [0.4, 0.5) is 0 Å². The number of nitrogens with zero attached hydrogens (tertiary/aromatic N) is 5. The Morgan fingerprint density at radius 1 is 0.455 bits per heavy atom. The SMILES string of the molecule is c1ccc(-c2nc(-c3ccc(-c4nc5ccccc5s4)cc3)nc(-c3cccc4oc5c(-c6sc7ccccc7[n+]6-c6ccccc6)cccc5c34)n2)cc1. The van der Waals surface area contributed by atoms with Crippen LogP contribution in [0.5, 0.6) is 0 Å². The Bertz CT molecular complexity index is 3170. The maximum Gasteiger partial charge on any atom is 0.279 e. The van der Waals surface area contributed by atoms with E-state index in [-0.39, 0.29) is 0 Å². The topological polar surface area (TPSA) is 68.6 Å². The van der Waals surface area contributed by atoms with E-state index in [2.05, 4.69) is 120 Å². The molecule has 11 aromatic rings. The first-order valence-electron chi connectivity index (χ1n) is 18.0. The van der Waals surface area contributed by atoms with Gasteiger partial charge in [-0.2, -0.15) is 0 Å². The molecule has 0 aliphatic carbocycles. The van der Waals surface area contributed by atoms with Gasteiger partial charge in [-0.25, -0.2) is 19.9 Å². The Kier molecular flexibility index (Phi) is 7.43. The molecule has 0 spiro atoms. The molecule has 0 unspecified atom stereocenters. The maximum absolute atomic E-state index is 6.81. The van der Waals surface area contributed by atoms with Gasteiger partial charge in [0.15, 0.2) is 17.5 Å².